The van der Waals surface area contributed by atoms with Crippen molar-refractivity contribution in [3.05, 3.63) is 53.1 Å². The van der Waals surface area contributed by atoms with E-state index >= 15 is 0 Å². The normalized spacial score (nSPS) is 18.1. The van der Waals surface area contributed by atoms with Crippen LogP contribution in [-0.4, -0.2) is 22.2 Å². The molecule has 1 heterocycles. The van der Waals surface area contributed by atoms with E-state index in [9.17, 15) is 15.0 Å². The molecule has 1 aliphatic heterocycles. The van der Waals surface area contributed by atoms with E-state index in [1.807, 2.05) is 53.7 Å². The smallest absolute Gasteiger partial charge is 0.268 e. The number of fused-ring (bicyclic) bond motifs is 1. The quantitative estimate of drug-likeness (QED) is 0.717. The van der Waals surface area contributed by atoms with Crippen LogP contribution in [0.25, 0.3) is 0 Å². The summed E-state index contributed by atoms with van der Waals surface area (Å²) in [6, 6.07) is 10.7. The molecule has 5 nitrogen and oxygen atoms in total. The summed E-state index contributed by atoms with van der Waals surface area (Å²) in [6.07, 6.45) is -2.24. The fourth-order valence-electron chi connectivity index (χ4n) is 3.42. The molecule has 0 radical (unpaired) electrons. The molecular formula is C23H29NO4. The summed E-state index contributed by atoms with van der Waals surface area (Å²) < 4.78 is 5.82. The van der Waals surface area contributed by atoms with Crippen molar-refractivity contribution in [3.63, 3.8) is 0 Å². The van der Waals surface area contributed by atoms with Crippen molar-refractivity contribution in [1.29, 1.82) is 0 Å². The van der Waals surface area contributed by atoms with Gasteiger partial charge in [0.2, 0.25) is 6.10 Å². The number of hydrogen-bond acceptors (Lipinski definition) is 4. The van der Waals surface area contributed by atoms with Crippen LogP contribution in [0.1, 0.15) is 64.3 Å². The number of phenolic OH excluding ortho intramolecular Hbond substituents is 1. The molecule has 2 aromatic carbocycles. The molecule has 150 valence electrons. The van der Waals surface area contributed by atoms with E-state index in [1.165, 1.54) is 0 Å². The Morgan fingerprint density at radius 1 is 1.00 bits per heavy atom. The predicted molar refractivity (Wildman–Crippen MR) is 110 cm³/mol. The highest BCUT2D eigenvalue weighted by atomic mass is 16.5. The van der Waals surface area contributed by atoms with Gasteiger partial charge in [0.25, 0.3) is 5.91 Å². The van der Waals surface area contributed by atoms with E-state index in [1.54, 1.807) is 24.3 Å². The van der Waals surface area contributed by atoms with Crippen LogP contribution in [0.3, 0.4) is 0 Å². The third-order valence-electron chi connectivity index (χ3n) is 5.03. The molecule has 0 aromatic heterocycles. The topological polar surface area (TPSA) is 78.8 Å². The average molecular weight is 383 g/mol. The maximum atomic E-state index is 12.6. The van der Waals surface area contributed by atoms with Crippen molar-refractivity contribution >= 4 is 11.6 Å². The van der Waals surface area contributed by atoms with E-state index < -0.39 is 18.1 Å². The molecule has 3 N–H and O–H groups in total. The summed E-state index contributed by atoms with van der Waals surface area (Å²) in [7, 11) is 0. The molecule has 5 heteroatoms. The van der Waals surface area contributed by atoms with Crippen molar-refractivity contribution < 1.29 is 19.7 Å². The molecule has 0 saturated heterocycles. The molecule has 2 unspecified atom stereocenters. The van der Waals surface area contributed by atoms with Crippen molar-refractivity contribution in [3.8, 4) is 11.5 Å². The van der Waals surface area contributed by atoms with Crippen LogP contribution in [0.15, 0.2) is 36.4 Å². The predicted octanol–water partition coefficient (Wildman–Crippen LogP) is 4.42. The molecule has 1 aliphatic rings. The Kier molecular flexibility index (Phi) is 4.92. The number of hydrogen-bond donors (Lipinski definition) is 3. The number of phenols is 1. The fraction of sp³-hybridized carbons (Fsp3) is 0.435. The molecule has 0 bridgehead atoms. The van der Waals surface area contributed by atoms with Crippen LogP contribution < -0.4 is 10.1 Å². The highest BCUT2D eigenvalue weighted by molar-refractivity contribution is 5.98. The summed E-state index contributed by atoms with van der Waals surface area (Å²) in [5.74, 6) is 0.362. The second-order valence-electron chi connectivity index (χ2n) is 9.43. The van der Waals surface area contributed by atoms with E-state index in [0.717, 1.165) is 11.1 Å². The minimum absolute atomic E-state index is 0.232. The first-order chi connectivity index (χ1) is 12.9. The summed E-state index contributed by atoms with van der Waals surface area (Å²) in [5, 5.41) is 24.7. The zero-order valence-corrected chi connectivity index (χ0v) is 17.3. The van der Waals surface area contributed by atoms with E-state index in [4.69, 9.17) is 4.74 Å². The van der Waals surface area contributed by atoms with Crippen LogP contribution in [0, 0.1) is 0 Å². The maximum absolute atomic E-state index is 12.6. The van der Waals surface area contributed by atoms with Gasteiger partial charge >= 0.3 is 0 Å². The second kappa shape index (κ2) is 6.82. The first kappa shape index (κ1) is 20.2. The highest BCUT2D eigenvalue weighted by Crippen LogP contribution is 2.42. The Labute approximate surface area is 166 Å². The minimum Gasteiger partial charge on any atom is -0.507 e. The number of nitrogens with one attached hydrogen (secondary N) is 1. The third-order valence-corrected chi connectivity index (χ3v) is 5.03. The molecule has 3 rings (SSSR count). The van der Waals surface area contributed by atoms with E-state index in [2.05, 4.69) is 5.32 Å². The highest BCUT2D eigenvalue weighted by Gasteiger charge is 2.36. The van der Waals surface area contributed by atoms with Crippen LogP contribution in [0.5, 0.6) is 11.5 Å². The number of aliphatic hydroxyl groups is 1. The molecule has 0 saturated carbocycles. The van der Waals surface area contributed by atoms with Gasteiger partial charge in [0.05, 0.1) is 5.69 Å². The Bertz CT molecular complexity index is 871. The Morgan fingerprint density at radius 2 is 1.54 bits per heavy atom. The van der Waals surface area contributed by atoms with Crippen molar-refractivity contribution in [1.82, 2.24) is 0 Å². The van der Waals surface area contributed by atoms with Gasteiger partial charge in [-0.05, 0) is 51.8 Å². The molecule has 0 aliphatic carbocycles. The Balaban J connectivity index is 2.07. The summed E-state index contributed by atoms with van der Waals surface area (Å²) >= 11 is 0. The minimum atomic E-state index is -1.17. The van der Waals surface area contributed by atoms with Crippen LogP contribution in [0.4, 0.5) is 5.69 Å². The first-order valence-corrected chi connectivity index (χ1v) is 9.52. The van der Waals surface area contributed by atoms with Gasteiger partial charge in [-0.25, -0.2) is 0 Å². The Morgan fingerprint density at radius 3 is 2.07 bits per heavy atom. The van der Waals surface area contributed by atoms with Crippen molar-refractivity contribution in [2.75, 3.05) is 5.32 Å². The largest absolute Gasteiger partial charge is 0.507 e. The lowest BCUT2D eigenvalue weighted by molar-refractivity contribution is -0.128. The van der Waals surface area contributed by atoms with Gasteiger partial charge in [-0.15, -0.1) is 0 Å². The number of para-hydroxylation sites is 2. The number of ether oxygens (including phenoxy) is 1. The molecule has 2 aromatic rings. The zero-order valence-electron chi connectivity index (χ0n) is 17.3. The lowest BCUT2D eigenvalue weighted by Gasteiger charge is -2.32. The van der Waals surface area contributed by atoms with Gasteiger partial charge in [-0.1, -0.05) is 53.7 Å². The number of carbonyl (C=O) groups excluding carboxylic acids is 1. The van der Waals surface area contributed by atoms with Gasteiger partial charge in [-0.3, -0.25) is 4.79 Å². The lowest BCUT2D eigenvalue weighted by atomic mass is 9.77. The first-order valence-electron chi connectivity index (χ1n) is 9.52. The van der Waals surface area contributed by atoms with Crippen LogP contribution in [-0.2, 0) is 15.6 Å². The molecule has 0 spiro atoms. The third kappa shape index (κ3) is 3.72. The lowest BCUT2D eigenvalue weighted by Crippen LogP contribution is -2.41. The number of aromatic hydroxyl groups is 1. The number of carbonyl (C=O) groups is 1. The summed E-state index contributed by atoms with van der Waals surface area (Å²) in [6.45, 7) is 12.0. The number of anilines is 1. The maximum Gasteiger partial charge on any atom is 0.268 e. The van der Waals surface area contributed by atoms with Crippen molar-refractivity contribution in [2.24, 2.45) is 0 Å². The number of rotatable bonds is 2. The van der Waals surface area contributed by atoms with E-state index in [-0.39, 0.29) is 16.6 Å². The monoisotopic (exact) mass is 383 g/mol. The van der Waals surface area contributed by atoms with Crippen LogP contribution >= 0.6 is 0 Å². The Hall–Kier alpha value is -2.53. The molecule has 1 amide bonds. The van der Waals surface area contributed by atoms with E-state index in [0.29, 0.717) is 17.0 Å². The fourth-order valence-corrected chi connectivity index (χ4v) is 3.42. The number of benzene rings is 2. The van der Waals surface area contributed by atoms with Crippen LogP contribution in [0.2, 0.25) is 0 Å². The molecule has 0 fully saturated rings. The summed E-state index contributed by atoms with van der Waals surface area (Å²) in [4.78, 5) is 12.6. The number of amides is 1. The van der Waals surface area contributed by atoms with Gasteiger partial charge in [0.1, 0.15) is 17.6 Å². The van der Waals surface area contributed by atoms with Gasteiger partial charge < -0.3 is 20.3 Å². The second-order valence-corrected chi connectivity index (χ2v) is 9.43. The van der Waals surface area contributed by atoms with Crippen molar-refractivity contribution in [2.45, 2.75) is 64.6 Å². The standard InChI is InChI=1S/C23H29NO4/c1-22(2,3)14-11-13(12-15(19(14)26)23(4,5)6)18(25)20-21(27)24-16-9-7-8-10-17(16)28-20/h7-12,18,20,25-26H,1-6H3,(H,24,27). The number of aliphatic hydroxyl groups excluding tert-OH is 1. The average Bonchev–Trinajstić information content (AvgIpc) is 2.58. The summed E-state index contributed by atoms with van der Waals surface area (Å²) in [5.41, 5.74) is 1.93. The zero-order chi connectivity index (χ0) is 20.9. The molecule has 28 heavy (non-hydrogen) atoms. The van der Waals surface area contributed by atoms with Gasteiger partial charge in [0.15, 0.2) is 0 Å². The molecular weight excluding hydrogens is 354 g/mol. The van der Waals surface area contributed by atoms with Gasteiger partial charge in [-0.2, -0.15) is 0 Å². The SMILES string of the molecule is CC(C)(C)c1cc(C(O)C2Oc3ccccc3NC2=O)cc(C(C)(C)C)c1O. The molecule has 2 atom stereocenters. The van der Waals surface area contributed by atoms with Gasteiger partial charge in [0, 0.05) is 0 Å².